The third-order valence-corrected chi connectivity index (χ3v) is 3.71. The fraction of sp³-hybridized carbons (Fsp3) is 0.375. The summed E-state index contributed by atoms with van der Waals surface area (Å²) in [4.78, 5) is 15.9. The molecule has 0 bridgehead atoms. The summed E-state index contributed by atoms with van der Waals surface area (Å²) in [7, 11) is 0. The van der Waals surface area contributed by atoms with E-state index in [4.69, 9.17) is 14.7 Å². The van der Waals surface area contributed by atoms with Crippen LogP contribution >= 0.6 is 15.9 Å². The summed E-state index contributed by atoms with van der Waals surface area (Å²) in [6, 6.07) is 5.11. The highest BCUT2D eigenvalue weighted by Crippen LogP contribution is 2.36. The Morgan fingerprint density at radius 3 is 2.92 bits per heavy atom. The molecule has 1 heterocycles. The van der Waals surface area contributed by atoms with Gasteiger partial charge in [-0.25, -0.2) is 4.98 Å². The lowest BCUT2D eigenvalue weighted by atomic mass is 10.2. The van der Waals surface area contributed by atoms with Crippen LogP contribution in [0.15, 0.2) is 29.3 Å². The maximum absolute atomic E-state index is 12.1. The number of ether oxygens (including phenoxy) is 2. The van der Waals surface area contributed by atoms with Gasteiger partial charge in [0.05, 0.1) is 29.3 Å². The van der Waals surface area contributed by atoms with E-state index in [1.807, 2.05) is 19.9 Å². The zero-order chi connectivity index (χ0) is 18.2. The lowest BCUT2D eigenvalue weighted by Gasteiger charge is -2.16. The van der Waals surface area contributed by atoms with Gasteiger partial charge in [-0.2, -0.15) is 10.4 Å². The monoisotopic (exact) mass is 407 g/mol. The molecule has 0 fully saturated rings. The highest BCUT2D eigenvalue weighted by Gasteiger charge is 2.15. The van der Waals surface area contributed by atoms with Crippen LogP contribution in [0.5, 0.6) is 11.5 Å². The standard InChI is InChI=1S/C16H18BrN5O3/c1-3-24-14-5-12(6-18)4-13(17)16(14)25-8-15(23)21-11(2)7-22-10-19-9-20-22/h4-5,9-11H,3,7-8H2,1-2H3,(H,21,23). The number of aromatic nitrogens is 3. The molecule has 2 aromatic rings. The van der Waals surface area contributed by atoms with E-state index in [0.717, 1.165) is 0 Å². The molecule has 0 saturated heterocycles. The largest absolute Gasteiger partial charge is 0.490 e. The molecule has 1 aromatic heterocycles. The van der Waals surface area contributed by atoms with Gasteiger partial charge in [-0.1, -0.05) is 0 Å². The molecule has 9 heteroatoms. The summed E-state index contributed by atoms with van der Waals surface area (Å²) in [5, 5.41) is 15.8. The van der Waals surface area contributed by atoms with Crippen LogP contribution in [0, 0.1) is 11.3 Å². The highest BCUT2D eigenvalue weighted by molar-refractivity contribution is 9.10. The highest BCUT2D eigenvalue weighted by atomic mass is 79.9. The summed E-state index contributed by atoms with van der Waals surface area (Å²) < 4.78 is 13.3. The van der Waals surface area contributed by atoms with Crippen LogP contribution in [0.3, 0.4) is 0 Å². The van der Waals surface area contributed by atoms with Gasteiger partial charge in [-0.3, -0.25) is 9.48 Å². The second-order valence-corrected chi connectivity index (χ2v) is 6.06. The van der Waals surface area contributed by atoms with Gasteiger partial charge >= 0.3 is 0 Å². The Labute approximate surface area is 153 Å². The molecular weight excluding hydrogens is 390 g/mol. The Morgan fingerprint density at radius 1 is 1.48 bits per heavy atom. The molecule has 2 rings (SSSR count). The molecule has 25 heavy (non-hydrogen) atoms. The van der Waals surface area contributed by atoms with Gasteiger partial charge in [0.2, 0.25) is 0 Å². The first-order valence-corrected chi connectivity index (χ1v) is 8.43. The molecule has 8 nitrogen and oxygen atoms in total. The number of halogens is 1. The van der Waals surface area contributed by atoms with Gasteiger partial charge in [-0.15, -0.1) is 0 Å². The number of nitriles is 1. The van der Waals surface area contributed by atoms with Gasteiger partial charge < -0.3 is 14.8 Å². The van der Waals surface area contributed by atoms with Gasteiger partial charge in [0.1, 0.15) is 12.7 Å². The van der Waals surface area contributed by atoms with Crippen molar-refractivity contribution in [3.8, 4) is 17.6 Å². The average molecular weight is 408 g/mol. The van der Waals surface area contributed by atoms with Crippen LogP contribution < -0.4 is 14.8 Å². The first kappa shape index (κ1) is 18.7. The van der Waals surface area contributed by atoms with Crippen molar-refractivity contribution in [3.63, 3.8) is 0 Å². The average Bonchev–Trinajstić information content (AvgIpc) is 3.06. The lowest BCUT2D eigenvalue weighted by molar-refractivity contribution is -0.123. The molecule has 0 aliphatic heterocycles. The third-order valence-electron chi connectivity index (χ3n) is 3.12. The predicted molar refractivity (Wildman–Crippen MR) is 93.1 cm³/mol. The Bertz CT molecular complexity index is 758. The smallest absolute Gasteiger partial charge is 0.258 e. The SMILES string of the molecule is CCOc1cc(C#N)cc(Br)c1OCC(=O)NC(C)Cn1cncn1. The van der Waals surface area contributed by atoms with Gasteiger partial charge in [0.15, 0.2) is 18.1 Å². The summed E-state index contributed by atoms with van der Waals surface area (Å²) in [5.74, 6) is 0.531. The minimum absolute atomic E-state index is 0.131. The quantitative estimate of drug-likeness (QED) is 0.716. The van der Waals surface area contributed by atoms with Crippen molar-refractivity contribution in [2.45, 2.75) is 26.4 Å². The Hall–Kier alpha value is -2.60. The number of carbonyl (C=O) groups excluding carboxylic acids is 1. The predicted octanol–water partition coefficient (Wildman–Crippen LogP) is 1.89. The molecule has 1 N–H and O–H groups in total. The first-order chi connectivity index (χ1) is 12.0. The number of nitrogens with zero attached hydrogens (tertiary/aromatic N) is 4. The Morgan fingerprint density at radius 2 is 2.28 bits per heavy atom. The zero-order valence-corrected chi connectivity index (χ0v) is 15.5. The molecule has 132 valence electrons. The topological polar surface area (TPSA) is 102 Å². The van der Waals surface area contributed by atoms with Gasteiger partial charge in [0.25, 0.3) is 5.91 Å². The molecule has 0 radical (unpaired) electrons. The minimum atomic E-state index is -0.272. The summed E-state index contributed by atoms with van der Waals surface area (Å²) in [6.07, 6.45) is 3.02. The number of nitrogens with one attached hydrogen (secondary N) is 1. The fourth-order valence-electron chi connectivity index (χ4n) is 2.14. The van der Waals surface area contributed by atoms with Crippen molar-refractivity contribution in [1.29, 1.82) is 5.26 Å². The van der Waals surface area contributed by atoms with Crippen molar-refractivity contribution >= 4 is 21.8 Å². The van der Waals surface area contributed by atoms with Crippen molar-refractivity contribution in [2.24, 2.45) is 0 Å². The van der Waals surface area contributed by atoms with E-state index in [1.54, 1.807) is 23.1 Å². The van der Waals surface area contributed by atoms with E-state index in [2.05, 4.69) is 31.3 Å². The Balaban J connectivity index is 1.95. The molecule has 1 atom stereocenters. The van der Waals surface area contributed by atoms with Crippen molar-refractivity contribution < 1.29 is 14.3 Å². The normalized spacial score (nSPS) is 11.4. The molecule has 1 unspecified atom stereocenters. The Kier molecular flexibility index (Phi) is 6.77. The second-order valence-electron chi connectivity index (χ2n) is 5.20. The maximum atomic E-state index is 12.1. The second kappa shape index (κ2) is 9.03. The molecule has 1 aromatic carbocycles. The summed E-state index contributed by atoms with van der Waals surface area (Å²) >= 11 is 3.34. The van der Waals surface area contributed by atoms with E-state index in [1.165, 1.54) is 6.33 Å². The van der Waals surface area contributed by atoms with E-state index < -0.39 is 0 Å². The number of rotatable bonds is 8. The van der Waals surface area contributed by atoms with Gasteiger partial charge in [0, 0.05) is 12.1 Å². The van der Waals surface area contributed by atoms with Crippen LogP contribution in [0.1, 0.15) is 19.4 Å². The van der Waals surface area contributed by atoms with E-state index in [-0.39, 0.29) is 18.6 Å². The van der Waals surface area contributed by atoms with Crippen LogP contribution in [0.4, 0.5) is 0 Å². The van der Waals surface area contributed by atoms with E-state index in [0.29, 0.717) is 34.7 Å². The first-order valence-electron chi connectivity index (χ1n) is 7.64. The maximum Gasteiger partial charge on any atom is 0.258 e. The number of hydrogen-bond acceptors (Lipinski definition) is 6. The third kappa shape index (κ3) is 5.46. The minimum Gasteiger partial charge on any atom is -0.490 e. The van der Waals surface area contributed by atoms with E-state index >= 15 is 0 Å². The summed E-state index contributed by atoms with van der Waals surface area (Å²) in [6.45, 7) is 4.44. The molecule has 0 aliphatic carbocycles. The zero-order valence-electron chi connectivity index (χ0n) is 13.9. The van der Waals surface area contributed by atoms with Crippen LogP contribution in [0.2, 0.25) is 0 Å². The summed E-state index contributed by atoms with van der Waals surface area (Å²) in [5.41, 5.74) is 0.439. The van der Waals surface area contributed by atoms with Crippen molar-refractivity contribution in [1.82, 2.24) is 20.1 Å². The number of benzene rings is 1. The van der Waals surface area contributed by atoms with Crippen LogP contribution in [-0.2, 0) is 11.3 Å². The molecule has 0 spiro atoms. The fourth-order valence-corrected chi connectivity index (χ4v) is 2.70. The number of hydrogen-bond donors (Lipinski definition) is 1. The lowest BCUT2D eigenvalue weighted by Crippen LogP contribution is -2.38. The molecule has 1 amide bonds. The van der Waals surface area contributed by atoms with Crippen LogP contribution in [0.25, 0.3) is 0 Å². The number of amides is 1. The molecule has 0 saturated carbocycles. The van der Waals surface area contributed by atoms with Crippen LogP contribution in [-0.4, -0.2) is 39.9 Å². The number of carbonyl (C=O) groups is 1. The molecule has 0 aliphatic rings. The van der Waals surface area contributed by atoms with Crippen molar-refractivity contribution in [2.75, 3.05) is 13.2 Å². The van der Waals surface area contributed by atoms with E-state index in [9.17, 15) is 4.79 Å². The van der Waals surface area contributed by atoms with Gasteiger partial charge in [-0.05, 0) is 35.8 Å². The molecular formula is C16H18BrN5O3. The van der Waals surface area contributed by atoms with Crippen molar-refractivity contribution in [3.05, 3.63) is 34.8 Å².